The van der Waals surface area contributed by atoms with Crippen LogP contribution in [0.2, 0.25) is 0 Å². The van der Waals surface area contributed by atoms with E-state index in [0.29, 0.717) is 18.7 Å². The smallest absolute Gasteiger partial charge is 0.172 e. The van der Waals surface area contributed by atoms with Crippen molar-refractivity contribution in [2.75, 3.05) is 19.7 Å². The summed E-state index contributed by atoms with van der Waals surface area (Å²) in [5.41, 5.74) is 0.646. The van der Waals surface area contributed by atoms with Crippen LogP contribution in [0.5, 0.6) is 0 Å². The fourth-order valence-electron chi connectivity index (χ4n) is 1.54. The first-order valence-electron chi connectivity index (χ1n) is 4.65. The summed E-state index contributed by atoms with van der Waals surface area (Å²) in [6.07, 6.45) is -0.204. The third kappa shape index (κ3) is 2.35. The van der Waals surface area contributed by atoms with Gasteiger partial charge in [-0.2, -0.15) is 0 Å². The number of nitrogens with one attached hydrogen (secondary N) is 1. The van der Waals surface area contributed by atoms with Gasteiger partial charge in [0.05, 0.1) is 17.2 Å². The summed E-state index contributed by atoms with van der Waals surface area (Å²) >= 11 is 2.97. The van der Waals surface area contributed by atoms with E-state index < -0.39 is 11.6 Å². The Balaban J connectivity index is 2.27. The van der Waals surface area contributed by atoms with Crippen molar-refractivity contribution in [2.45, 2.75) is 6.10 Å². The molecule has 0 radical (unpaired) electrons. The van der Waals surface area contributed by atoms with Crippen LogP contribution in [-0.4, -0.2) is 19.7 Å². The summed E-state index contributed by atoms with van der Waals surface area (Å²) in [4.78, 5) is 0. The first kappa shape index (κ1) is 11.0. The third-order valence-electron chi connectivity index (χ3n) is 2.31. The molecule has 0 bridgehead atoms. The summed E-state index contributed by atoms with van der Waals surface area (Å²) < 4.78 is 31.7. The van der Waals surface area contributed by atoms with Crippen molar-refractivity contribution in [2.24, 2.45) is 0 Å². The van der Waals surface area contributed by atoms with Crippen LogP contribution >= 0.6 is 15.9 Å². The molecule has 82 valence electrons. The molecule has 1 aliphatic heterocycles. The number of hydrogen-bond donors (Lipinski definition) is 1. The van der Waals surface area contributed by atoms with Gasteiger partial charge >= 0.3 is 0 Å². The molecule has 1 aliphatic rings. The molecule has 5 heteroatoms. The van der Waals surface area contributed by atoms with Gasteiger partial charge in [0.2, 0.25) is 0 Å². The van der Waals surface area contributed by atoms with Gasteiger partial charge in [-0.05, 0) is 33.6 Å². The fourth-order valence-corrected chi connectivity index (χ4v) is 1.99. The zero-order valence-electron chi connectivity index (χ0n) is 7.90. The number of halogens is 3. The van der Waals surface area contributed by atoms with Gasteiger partial charge in [-0.3, -0.25) is 0 Å². The standard InChI is InChI=1S/C10H10BrF2NO/c11-7-3-6(4-8(12)10(7)13)9-5-14-1-2-15-9/h3-4,9,14H,1-2,5H2. The molecule has 0 saturated carbocycles. The van der Waals surface area contributed by atoms with Crippen molar-refractivity contribution in [1.82, 2.24) is 5.32 Å². The molecule has 0 aliphatic carbocycles. The molecular weight excluding hydrogens is 268 g/mol. The van der Waals surface area contributed by atoms with Gasteiger partial charge in [-0.15, -0.1) is 0 Å². The highest BCUT2D eigenvalue weighted by Crippen LogP contribution is 2.26. The minimum Gasteiger partial charge on any atom is -0.371 e. The minimum absolute atomic E-state index is 0.131. The van der Waals surface area contributed by atoms with Crippen molar-refractivity contribution in [1.29, 1.82) is 0 Å². The van der Waals surface area contributed by atoms with Crippen LogP contribution in [0.4, 0.5) is 8.78 Å². The Morgan fingerprint density at radius 2 is 2.20 bits per heavy atom. The second kappa shape index (κ2) is 4.55. The van der Waals surface area contributed by atoms with E-state index in [9.17, 15) is 8.78 Å². The average Bonchev–Trinajstić information content (AvgIpc) is 2.26. The topological polar surface area (TPSA) is 21.3 Å². The lowest BCUT2D eigenvalue weighted by Crippen LogP contribution is -2.33. The van der Waals surface area contributed by atoms with Crippen LogP contribution in [0.15, 0.2) is 16.6 Å². The van der Waals surface area contributed by atoms with Crippen LogP contribution in [-0.2, 0) is 4.74 Å². The van der Waals surface area contributed by atoms with Crippen LogP contribution in [0.3, 0.4) is 0 Å². The van der Waals surface area contributed by atoms with E-state index in [2.05, 4.69) is 21.2 Å². The van der Waals surface area contributed by atoms with E-state index in [0.717, 1.165) is 6.54 Å². The second-order valence-corrected chi connectivity index (χ2v) is 4.22. The Hall–Kier alpha value is -0.520. The molecule has 1 atom stereocenters. The van der Waals surface area contributed by atoms with Gasteiger partial charge in [0, 0.05) is 13.1 Å². The molecular formula is C10H10BrF2NO. The van der Waals surface area contributed by atoms with Gasteiger partial charge in [-0.25, -0.2) is 8.78 Å². The van der Waals surface area contributed by atoms with Crippen molar-refractivity contribution in [3.8, 4) is 0 Å². The normalized spacial score (nSPS) is 21.7. The Morgan fingerprint density at radius 3 is 2.80 bits per heavy atom. The lowest BCUT2D eigenvalue weighted by Gasteiger charge is -2.24. The van der Waals surface area contributed by atoms with Crippen LogP contribution < -0.4 is 5.32 Å². The van der Waals surface area contributed by atoms with E-state index in [4.69, 9.17) is 4.74 Å². The van der Waals surface area contributed by atoms with Crippen molar-refractivity contribution < 1.29 is 13.5 Å². The molecule has 1 unspecified atom stereocenters. The van der Waals surface area contributed by atoms with E-state index in [1.165, 1.54) is 6.07 Å². The zero-order valence-corrected chi connectivity index (χ0v) is 9.48. The van der Waals surface area contributed by atoms with Crippen molar-refractivity contribution in [3.05, 3.63) is 33.8 Å². The number of hydrogen-bond acceptors (Lipinski definition) is 2. The molecule has 1 aromatic rings. The predicted octanol–water partition coefficient (Wildman–Crippen LogP) is 2.39. The maximum Gasteiger partial charge on any atom is 0.172 e. The molecule has 0 aromatic heterocycles. The highest BCUT2D eigenvalue weighted by Gasteiger charge is 2.18. The summed E-state index contributed by atoms with van der Waals surface area (Å²) in [6, 6.07) is 2.73. The summed E-state index contributed by atoms with van der Waals surface area (Å²) in [5, 5.41) is 3.13. The first-order valence-corrected chi connectivity index (χ1v) is 5.44. The van der Waals surface area contributed by atoms with Crippen LogP contribution in [0.25, 0.3) is 0 Å². The first-order chi connectivity index (χ1) is 7.18. The summed E-state index contributed by atoms with van der Waals surface area (Å²) in [6.45, 7) is 2.00. The van der Waals surface area contributed by atoms with Crippen molar-refractivity contribution in [3.63, 3.8) is 0 Å². The number of rotatable bonds is 1. The van der Waals surface area contributed by atoms with Crippen LogP contribution in [0, 0.1) is 11.6 Å². The summed E-state index contributed by atoms with van der Waals surface area (Å²) in [5.74, 6) is -1.71. The maximum atomic E-state index is 13.1. The second-order valence-electron chi connectivity index (χ2n) is 3.36. The van der Waals surface area contributed by atoms with E-state index in [-0.39, 0.29) is 10.6 Å². The van der Waals surface area contributed by atoms with Gasteiger partial charge < -0.3 is 10.1 Å². The third-order valence-corrected chi connectivity index (χ3v) is 2.88. The molecule has 2 rings (SSSR count). The largest absolute Gasteiger partial charge is 0.371 e. The number of benzene rings is 1. The molecule has 1 N–H and O–H groups in total. The van der Waals surface area contributed by atoms with Crippen LogP contribution in [0.1, 0.15) is 11.7 Å². The Morgan fingerprint density at radius 1 is 1.40 bits per heavy atom. The van der Waals surface area contributed by atoms with E-state index in [1.54, 1.807) is 6.07 Å². The molecule has 0 spiro atoms. The van der Waals surface area contributed by atoms with E-state index in [1.807, 2.05) is 0 Å². The van der Waals surface area contributed by atoms with E-state index >= 15 is 0 Å². The summed E-state index contributed by atoms with van der Waals surface area (Å²) in [7, 11) is 0. The number of ether oxygens (including phenoxy) is 1. The van der Waals surface area contributed by atoms with Gasteiger partial charge in [-0.1, -0.05) is 0 Å². The monoisotopic (exact) mass is 277 g/mol. The Kier molecular flexibility index (Phi) is 3.33. The lowest BCUT2D eigenvalue weighted by molar-refractivity contribution is 0.0274. The minimum atomic E-state index is -0.859. The van der Waals surface area contributed by atoms with Gasteiger partial charge in [0.25, 0.3) is 0 Å². The predicted molar refractivity (Wildman–Crippen MR) is 55.6 cm³/mol. The SMILES string of the molecule is Fc1cc(C2CNCCO2)cc(Br)c1F. The molecule has 1 aromatic carbocycles. The Labute approximate surface area is 94.7 Å². The molecule has 15 heavy (non-hydrogen) atoms. The Bertz CT molecular complexity index is 343. The average molecular weight is 278 g/mol. The van der Waals surface area contributed by atoms with Gasteiger partial charge in [0.15, 0.2) is 11.6 Å². The van der Waals surface area contributed by atoms with Crippen molar-refractivity contribution >= 4 is 15.9 Å². The number of morpholine rings is 1. The molecule has 2 nitrogen and oxygen atoms in total. The molecule has 1 heterocycles. The highest BCUT2D eigenvalue weighted by atomic mass is 79.9. The zero-order chi connectivity index (χ0) is 10.8. The molecule has 0 amide bonds. The molecule has 1 saturated heterocycles. The quantitative estimate of drug-likeness (QED) is 0.796. The molecule has 1 fully saturated rings. The van der Waals surface area contributed by atoms with Gasteiger partial charge in [0.1, 0.15) is 0 Å². The fraction of sp³-hybridized carbons (Fsp3) is 0.400. The highest BCUT2D eigenvalue weighted by molar-refractivity contribution is 9.10. The maximum absolute atomic E-state index is 13.1. The lowest BCUT2D eigenvalue weighted by atomic mass is 10.1.